The van der Waals surface area contributed by atoms with Crippen molar-refractivity contribution in [3.8, 4) is 0 Å². The zero-order chi connectivity index (χ0) is 17.5. The fraction of sp³-hybridized carbons (Fsp3) is 0.125. The summed E-state index contributed by atoms with van der Waals surface area (Å²) in [4.78, 5) is 24.8. The summed E-state index contributed by atoms with van der Waals surface area (Å²) < 4.78 is 25.3. The second-order valence-electron chi connectivity index (χ2n) is 5.28. The Morgan fingerprint density at radius 1 is 1.08 bits per heavy atom. The maximum Gasteiger partial charge on any atom is 0.268 e. The summed E-state index contributed by atoms with van der Waals surface area (Å²) in [6.45, 7) is -0.576. The highest BCUT2D eigenvalue weighted by molar-refractivity contribution is 7.89. The molecule has 8 heteroatoms. The Balaban J connectivity index is 1.93. The summed E-state index contributed by atoms with van der Waals surface area (Å²) >= 11 is 11.7. The maximum absolute atomic E-state index is 12.5. The number of rotatable bonds is 3. The number of carbonyl (C=O) groups excluding carboxylic acids is 2. The molecule has 24 heavy (non-hydrogen) atoms. The van der Waals surface area contributed by atoms with Gasteiger partial charge in [0.15, 0.2) is 5.78 Å². The molecule has 1 amide bonds. The molecule has 124 valence electrons. The minimum atomic E-state index is -3.90. The molecule has 0 saturated heterocycles. The number of benzene rings is 2. The Bertz CT molecular complexity index is 956. The predicted molar refractivity (Wildman–Crippen MR) is 90.9 cm³/mol. The average molecular weight is 384 g/mol. The first-order valence-corrected chi connectivity index (χ1v) is 9.27. The van der Waals surface area contributed by atoms with Gasteiger partial charge in [0.05, 0.1) is 15.8 Å². The van der Waals surface area contributed by atoms with Gasteiger partial charge in [-0.25, -0.2) is 12.7 Å². The van der Waals surface area contributed by atoms with E-state index in [1.165, 1.54) is 18.2 Å². The van der Waals surface area contributed by atoms with Crippen molar-refractivity contribution in [2.24, 2.45) is 0 Å². The van der Waals surface area contributed by atoms with Gasteiger partial charge in [0, 0.05) is 11.1 Å². The summed E-state index contributed by atoms with van der Waals surface area (Å²) in [5.74, 6) is -1.56. The van der Waals surface area contributed by atoms with E-state index in [1.54, 1.807) is 24.3 Å². The summed E-state index contributed by atoms with van der Waals surface area (Å²) in [6, 6.07) is 10.7. The first-order valence-electron chi connectivity index (χ1n) is 6.90. The van der Waals surface area contributed by atoms with E-state index in [0.29, 0.717) is 9.87 Å². The smallest absolute Gasteiger partial charge is 0.268 e. The molecule has 5 nitrogen and oxygen atoms in total. The summed E-state index contributed by atoms with van der Waals surface area (Å²) in [5, 5.41) is 0.463. The molecule has 0 unspecified atom stereocenters. The molecule has 2 aromatic carbocycles. The molecule has 0 bridgehead atoms. The molecule has 0 fully saturated rings. The first-order chi connectivity index (χ1) is 11.3. The van der Waals surface area contributed by atoms with Crippen LogP contribution in [0.25, 0.3) is 0 Å². The quantitative estimate of drug-likeness (QED) is 0.763. The lowest BCUT2D eigenvalue weighted by Crippen LogP contribution is -2.44. The van der Waals surface area contributed by atoms with Gasteiger partial charge in [0.25, 0.3) is 5.91 Å². The maximum atomic E-state index is 12.5. The van der Waals surface area contributed by atoms with Crippen LogP contribution in [-0.4, -0.2) is 31.0 Å². The largest absolute Gasteiger partial charge is 0.292 e. The highest BCUT2D eigenvalue weighted by Gasteiger charge is 2.36. The number of fused-ring (bicyclic) bond motifs is 1. The van der Waals surface area contributed by atoms with E-state index in [2.05, 4.69) is 0 Å². The van der Waals surface area contributed by atoms with Gasteiger partial charge in [-0.05, 0) is 29.8 Å². The van der Waals surface area contributed by atoms with Crippen molar-refractivity contribution < 1.29 is 18.0 Å². The molecular weight excluding hydrogens is 373 g/mol. The molecule has 0 aliphatic carbocycles. The fourth-order valence-electron chi connectivity index (χ4n) is 2.45. The number of carbonyl (C=O) groups is 2. The van der Waals surface area contributed by atoms with E-state index < -0.39 is 28.3 Å². The fourth-order valence-corrected chi connectivity index (χ4v) is 4.21. The minimum absolute atomic E-state index is 0.181. The Hall–Kier alpha value is -1.89. The standard InChI is InChI=1S/C16H11Cl2NO4S/c17-13-6-5-10(7-14(13)18)15(20)8-19-16(21)12-4-2-1-3-11(12)9-24(19,22)23/h1-7H,8-9H2. The van der Waals surface area contributed by atoms with Crippen molar-refractivity contribution in [2.45, 2.75) is 5.75 Å². The third-order valence-corrected chi connectivity index (χ3v) is 6.06. The molecule has 0 radical (unpaired) electrons. The van der Waals surface area contributed by atoms with Crippen molar-refractivity contribution in [3.63, 3.8) is 0 Å². The van der Waals surface area contributed by atoms with E-state index in [-0.39, 0.29) is 26.9 Å². The van der Waals surface area contributed by atoms with Crippen LogP contribution >= 0.6 is 23.2 Å². The number of hydrogen-bond acceptors (Lipinski definition) is 4. The number of amides is 1. The first kappa shape index (κ1) is 17.0. The minimum Gasteiger partial charge on any atom is -0.292 e. The number of nitrogens with zero attached hydrogens (tertiary/aromatic N) is 1. The van der Waals surface area contributed by atoms with Gasteiger partial charge in [-0.15, -0.1) is 0 Å². The van der Waals surface area contributed by atoms with Crippen LogP contribution in [-0.2, 0) is 15.8 Å². The highest BCUT2D eigenvalue weighted by Crippen LogP contribution is 2.26. The lowest BCUT2D eigenvalue weighted by molar-refractivity contribution is 0.0806. The lowest BCUT2D eigenvalue weighted by atomic mass is 10.1. The van der Waals surface area contributed by atoms with E-state index in [9.17, 15) is 18.0 Å². The monoisotopic (exact) mass is 383 g/mol. The summed E-state index contributed by atoms with van der Waals surface area (Å²) in [6.07, 6.45) is 0. The van der Waals surface area contributed by atoms with Crippen LogP contribution in [0.2, 0.25) is 10.0 Å². The molecule has 0 N–H and O–H groups in total. The number of hydrogen-bond donors (Lipinski definition) is 0. The molecule has 1 heterocycles. The van der Waals surface area contributed by atoms with Crippen LogP contribution in [0.4, 0.5) is 0 Å². The van der Waals surface area contributed by atoms with E-state index >= 15 is 0 Å². The topological polar surface area (TPSA) is 71.5 Å². The van der Waals surface area contributed by atoms with Gasteiger partial charge in [-0.2, -0.15) is 0 Å². The Kier molecular flexibility index (Phi) is 4.38. The Morgan fingerprint density at radius 2 is 1.79 bits per heavy atom. The SMILES string of the molecule is O=C(CN1C(=O)c2ccccc2CS1(=O)=O)c1ccc(Cl)c(Cl)c1. The molecule has 0 aromatic heterocycles. The third-order valence-electron chi connectivity index (χ3n) is 3.68. The summed E-state index contributed by atoms with van der Waals surface area (Å²) in [5.41, 5.74) is 0.904. The van der Waals surface area contributed by atoms with E-state index in [1.807, 2.05) is 0 Å². The molecule has 1 aliphatic rings. The van der Waals surface area contributed by atoms with Crippen molar-refractivity contribution in [1.29, 1.82) is 0 Å². The molecule has 2 aromatic rings. The number of Topliss-reactive ketones (excluding diaryl/α,β-unsaturated/α-hetero) is 1. The van der Waals surface area contributed by atoms with Gasteiger partial charge >= 0.3 is 0 Å². The van der Waals surface area contributed by atoms with Crippen molar-refractivity contribution in [3.05, 3.63) is 69.2 Å². The van der Waals surface area contributed by atoms with Gasteiger partial charge in [0.2, 0.25) is 10.0 Å². The van der Waals surface area contributed by atoms with Gasteiger partial charge < -0.3 is 0 Å². The molecule has 3 rings (SSSR count). The molecular formula is C16H11Cl2NO4S. The second kappa shape index (κ2) is 6.20. The number of sulfonamides is 1. The lowest BCUT2D eigenvalue weighted by Gasteiger charge is -2.27. The zero-order valence-corrected chi connectivity index (χ0v) is 14.5. The average Bonchev–Trinajstić information content (AvgIpc) is 2.53. The predicted octanol–water partition coefficient (Wildman–Crippen LogP) is 3.16. The Labute approximate surface area is 148 Å². The van der Waals surface area contributed by atoms with Crippen LogP contribution < -0.4 is 0 Å². The normalized spacial score (nSPS) is 15.9. The van der Waals surface area contributed by atoms with Gasteiger partial charge in [0.1, 0.15) is 6.54 Å². The van der Waals surface area contributed by atoms with Crippen LogP contribution in [0.5, 0.6) is 0 Å². The highest BCUT2D eigenvalue weighted by atomic mass is 35.5. The molecule has 0 atom stereocenters. The number of ketones is 1. The molecule has 1 aliphatic heterocycles. The third kappa shape index (κ3) is 3.05. The second-order valence-corrected chi connectivity index (χ2v) is 7.98. The Morgan fingerprint density at radius 3 is 2.50 bits per heavy atom. The van der Waals surface area contributed by atoms with Gasteiger partial charge in [-0.1, -0.05) is 41.4 Å². The van der Waals surface area contributed by atoms with Crippen molar-refractivity contribution >= 4 is 44.9 Å². The van der Waals surface area contributed by atoms with Crippen LogP contribution in [0, 0.1) is 0 Å². The van der Waals surface area contributed by atoms with Gasteiger partial charge in [-0.3, -0.25) is 9.59 Å². The molecule has 0 spiro atoms. The number of halogens is 2. The zero-order valence-electron chi connectivity index (χ0n) is 12.2. The summed E-state index contributed by atoms with van der Waals surface area (Å²) in [7, 11) is -3.90. The van der Waals surface area contributed by atoms with E-state index in [4.69, 9.17) is 23.2 Å². The molecule has 0 saturated carbocycles. The van der Waals surface area contributed by atoms with Crippen LogP contribution in [0.15, 0.2) is 42.5 Å². The van der Waals surface area contributed by atoms with Crippen molar-refractivity contribution in [1.82, 2.24) is 4.31 Å². The van der Waals surface area contributed by atoms with Crippen molar-refractivity contribution in [2.75, 3.05) is 6.54 Å². The van der Waals surface area contributed by atoms with Crippen LogP contribution in [0.3, 0.4) is 0 Å². The van der Waals surface area contributed by atoms with Crippen LogP contribution in [0.1, 0.15) is 26.3 Å². The van der Waals surface area contributed by atoms with E-state index in [0.717, 1.165) is 0 Å².